The summed E-state index contributed by atoms with van der Waals surface area (Å²) in [5, 5.41) is 10.6. The molecule has 0 unspecified atom stereocenters. The quantitative estimate of drug-likeness (QED) is 0.734. The van der Waals surface area contributed by atoms with E-state index < -0.39 is 5.97 Å². The molecule has 5 nitrogen and oxygen atoms in total. The molecule has 0 spiro atoms. The highest BCUT2D eigenvalue weighted by atomic mass is 16.4. The van der Waals surface area contributed by atoms with E-state index in [2.05, 4.69) is 18.8 Å². The minimum absolute atomic E-state index is 0.0870. The summed E-state index contributed by atoms with van der Waals surface area (Å²) in [4.78, 5) is 28.5. The summed E-state index contributed by atoms with van der Waals surface area (Å²) < 4.78 is 0. The molecule has 134 valence electrons. The van der Waals surface area contributed by atoms with Gasteiger partial charge in [0.1, 0.15) is 5.69 Å². The van der Waals surface area contributed by atoms with Crippen LogP contribution in [0.5, 0.6) is 0 Å². The van der Waals surface area contributed by atoms with E-state index in [4.69, 9.17) is 0 Å². The first-order valence-corrected chi connectivity index (χ1v) is 8.51. The first-order chi connectivity index (χ1) is 12.3. The second-order valence-corrected chi connectivity index (χ2v) is 6.88. The Bertz CT molecular complexity index is 982. The van der Waals surface area contributed by atoms with Crippen LogP contribution in [0.15, 0.2) is 42.5 Å². The van der Waals surface area contributed by atoms with E-state index in [0.29, 0.717) is 11.1 Å². The molecule has 0 aliphatic heterocycles. The number of amides is 1. The summed E-state index contributed by atoms with van der Waals surface area (Å²) in [5.41, 5.74) is 4.08. The molecule has 1 aromatic heterocycles. The molecule has 0 fully saturated rings. The number of aromatic nitrogens is 1. The molecule has 0 aliphatic rings. The second kappa shape index (κ2) is 6.67. The summed E-state index contributed by atoms with van der Waals surface area (Å²) >= 11 is 0. The zero-order valence-corrected chi connectivity index (χ0v) is 15.3. The van der Waals surface area contributed by atoms with Crippen LogP contribution < -0.4 is 0 Å². The Balaban J connectivity index is 2.21. The van der Waals surface area contributed by atoms with Crippen LogP contribution in [-0.2, 0) is 0 Å². The van der Waals surface area contributed by atoms with Crippen molar-refractivity contribution in [3.63, 3.8) is 0 Å². The number of nitrogens with zero attached hydrogens (tertiary/aromatic N) is 1. The molecule has 5 heteroatoms. The maximum Gasteiger partial charge on any atom is 0.352 e. The van der Waals surface area contributed by atoms with Crippen molar-refractivity contribution in [1.29, 1.82) is 0 Å². The summed E-state index contributed by atoms with van der Waals surface area (Å²) in [5.74, 6) is -0.817. The van der Waals surface area contributed by atoms with Crippen LogP contribution in [0.1, 0.15) is 46.2 Å². The van der Waals surface area contributed by atoms with E-state index >= 15 is 0 Å². The number of H-pyrrole nitrogens is 1. The fraction of sp³-hybridized carbons (Fsp3) is 0.238. The van der Waals surface area contributed by atoms with E-state index in [-0.39, 0.29) is 17.5 Å². The van der Waals surface area contributed by atoms with Crippen molar-refractivity contribution < 1.29 is 14.7 Å². The van der Waals surface area contributed by atoms with Gasteiger partial charge in [-0.05, 0) is 29.2 Å². The third kappa shape index (κ3) is 2.96. The van der Waals surface area contributed by atoms with Gasteiger partial charge in [-0.3, -0.25) is 4.79 Å². The van der Waals surface area contributed by atoms with Gasteiger partial charge in [0.15, 0.2) is 0 Å². The number of benzene rings is 2. The number of carbonyl (C=O) groups is 2. The highest BCUT2D eigenvalue weighted by Crippen LogP contribution is 2.36. The van der Waals surface area contributed by atoms with Crippen molar-refractivity contribution in [3.8, 4) is 11.1 Å². The second-order valence-electron chi connectivity index (χ2n) is 6.88. The number of carboxylic acids is 1. The minimum Gasteiger partial charge on any atom is -0.477 e. The number of hydrogen-bond donors (Lipinski definition) is 2. The summed E-state index contributed by atoms with van der Waals surface area (Å²) in [6.45, 7) is 4.16. The lowest BCUT2D eigenvalue weighted by molar-refractivity contribution is 0.0692. The minimum atomic E-state index is -1.00. The van der Waals surface area contributed by atoms with Gasteiger partial charge < -0.3 is 15.0 Å². The largest absolute Gasteiger partial charge is 0.477 e. The van der Waals surface area contributed by atoms with Gasteiger partial charge in [0.25, 0.3) is 5.91 Å². The monoisotopic (exact) mass is 350 g/mol. The lowest BCUT2D eigenvalue weighted by atomic mass is 9.96. The molecule has 3 rings (SSSR count). The SMILES string of the molecule is CC(C)c1cccc2c(-c3ccc(C(=O)N(C)C)cc3)c(C(=O)O)[nH]c12. The van der Waals surface area contributed by atoms with Crippen molar-refractivity contribution in [2.45, 2.75) is 19.8 Å². The van der Waals surface area contributed by atoms with E-state index in [1.54, 1.807) is 38.4 Å². The summed E-state index contributed by atoms with van der Waals surface area (Å²) in [6.07, 6.45) is 0. The first kappa shape index (κ1) is 17.7. The van der Waals surface area contributed by atoms with Crippen molar-refractivity contribution in [2.75, 3.05) is 14.1 Å². The van der Waals surface area contributed by atoms with Gasteiger partial charge in [-0.1, -0.05) is 44.2 Å². The number of hydrogen-bond acceptors (Lipinski definition) is 2. The Morgan fingerprint density at radius 2 is 1.69 bits per heavy atom. The van der Waals surface area contributed by atoms with Crippen LogP contribution in [0, 0.1) is 0 Å². The number of aromatic carboxylic acids is 1. The maximum atomic E-state index is 12.1. The van der Waals surface area contributed by atoms with E-state index in [0.717, 1.165) is 22.0 Å². The number of carbonyl (C=O) groups excluding carboxylic acids is 1. The normalized spacial score (nSPS) is 11.1. The Hall–Kier alpha value is -3.08. The topological polar surface area (TPSA) is 73.4 Å². The van der Waals surface area contributed by atoms with Crippen molar-refractivity contribution in [1.82, 2.24) is 9.88 Å². The molecule has 1 heterocycles. The third-order valence-corrected chi connectivity index (χ3v) is 4.53. The van der Waals surface area contributed by atoms with Crippen LogP contribution in [0.2, 0.25) is 0 Å². The van der Waals surface area contributed by atoms with E-state index in [9.17, 15) is 14.7 Å². The molecular weight excluding hydrogens is 328 g/mol. The van der Waals surface area contributed by atoms with Crippen LogP contribution >= 0.6 is 0 Å². The predicted octanol–water partition coefficient (Wildman–Crippen LogP) is 4.36. The van der Waals surface area contributed by atoms with Gasteiger partial charge in [0.2, 0.25) is 0 Å². The standard InChI is InChI=1S/C21H22N2O3/c1-12(2)15-6-5-7-16-17(19(21(25)26)22-18(15)16)13-8-10-14(11-9-13)20(24)23(3)4/h5-12,22H,1-4H3,(H,25,26). The fourth-order valence-electron chi connectivity index (χ4n) is 3.22. The van der Waals surface area contributed by atoms with Gasteiger partial charge in [-0.2, -0.15) is 0 Å². The van der Waals surface area contributed by atoms with Crippen molar-refractivity contribution in [2.24, 2.45) is 0 Å². The number of para-hydroxylation sites is 1. The molecule has 0 saturated heterocycles. The average Bonchev–Trinajstić information content (AvgIpc) is 3.00. The molecule has 3 aromatic rings. The Morgan fingerprint density at radius 1 is 1.04 bits per heavy atom. The summed E-state index contributed by atoms with van der Waals surface area (Å²) in [7, 11) is 3.40. The number of carboxylic acid groups (broad SMARTS) is 1. The van der Waals surface area contributed by atoms with Crippen LogP contribution in [0.3, 0.4) is 0 Å². The van der Waals surface area contributed by atoms with E-state index in [1.165, 1.54) is 4.90 Å². The first-order valence-electron chi connectivity index (χ1n) is 8.51. The Kier molecular flexibility index (Phi) is 4.55. The third-order valence-electron chi connectivity index (χ3n) is 4.53. The van der Waals surface area contributed by atoms with Crippen LogP contribution in [0.4, 0.5) is 0 Å². The van der Waals surface area contributed by atoms with Gasteiger partial charge in [-0.15, -0.1) is 0 Å². The zero-order chi connectivity index (χ0) is 19.0. The smallest absolute Gasteiger partial charge is 0.352 e. The number of rotatable bonds is 4. The molecule has 0 saturated carbocycles. The fourth-order valence-corrected chi connectivity index (χ4v) is 3.22. The lowest BCUT2D eigenvalue weighted by Gasteiger charge is -2.11. The van der Waals surface area contributed by atoms with E-state index in [1.807, 2.05) is 18.2 Å². The van der Waals surface area contributed by atoms with Crippen LogP contribution in [0.25, 0.3) is 22.0 Å². The maximum absolute atomic E-state index is 12.1. The lowest BCUT2D eigenvalue weighted by Crippen LogP contribution is -2.21. The number of nitrogens with one attached hydrogen (secondary N) is 1. The Morgan fingerprint density at radius 3 is 2.23 bits per heavy atom. The molecule has 0 bridgehead atoms. The highest BCUT2D eigenvalue weighted by Gasteiger charge is 2.21. The highest BCUT2D eigenvalue weighted by molar-refractivity contribution is 6.08. The molecular formula is C21H22N2O3. The molecule has 2 N–H and O–H groups in total. The van der Waals surface area contributed by atoms with Crippen molar-refractivity contribution in [3.05, 3.63) is 59.3 Å². The molecule has 0 radical (unpaired) electrons. The van der Waals surface area contributed by atoms with Gasteiger partial charge in [-0.25, -0.2) is 4.79 Å². The van der Waals surface area contributed by atoms with Crippen molar-refractivity contribution >= 4 is 22.8 Å². The predicted molar refractivity (Wildman–Crippen MR) is 103 cm³/mol. The molecule has 2 aromatic carbocycles. The molecule has 26 heavy (non-hydrogen) atoms. The number of fused-ring (bicyclic) bond motifs is 1. The molecule has 0 atom stereocenters. The molecule has 1 amide bonds. The Labute approximate surface area is 152 Å². The van der Waals surface area contributed by atoms with Crippen LogP contribution in [-0.4, -0.2) is 41.0 Å². The van der Waals surface area contributed by atoms with Gasteiger partial charge in [0, 0.05) is 30.6 Å². The zero-order valence-electron chi connectivity index (χ0n) is 15.3. The summed E-state index contributed by atoms with van der Waals surface area (Å²) in [6, 6.07) is 12.9. The van der Waals surface area contributed by atoms with Gasteiger partial charge in [0.05, 0.1) is 5.52 Å². The molecule has 0 aliphatic carbocycles. The number of aromatic amines is 1. The average molecular weight is 350 g/mol. The van der Waals surface area contributed by atoms with Gasteiger partial charge >= 0.3 is 5.97 Å².